The Kier molecular flexibility index (Phi) is 4.44. The summed E-state index contributed by atoms with van der Waals surface area (Å²) in [6.45, 7) is 2.94. The second kappa shape index (κ2) is 6.09. The van der Waals surface area contributed by atoms with Crippen LogP contribution in [0.5, 0.6) is 0 Å². The molecule has 20 heavy (non-hydrogen) atoms. The summed E-state index contributed by atoms with van der Waals surface area (Å²) in [5.41, 5.74) is 0.537. The van der Waals surface area contributed by atoms with Crippen molar-refractivity contribution in [1.29, 1.82) is 0 Å². The van der Waals surface area contributed by atoms with E-state index < -0.39 is 18.1 Å². The van der Waals surface area contributed by atoms with Crippen LogP contribution in [0.4, 0.5) is 0 Å². The van der Waals surface area contributed by atoms with Crippen LogP contribution in [0.1, 0.15) is 30.3 Å². The Labute approximate surface area is 117 Å². The van der Waals surface area contributed by atoms with Crippen molar-refractivity contribution in [2.75, 3.05) is 13.7 Å². The van der Waals surface area contributed by atoms with Crippen molar-refractivity contribution in [2.45, 2.75) is 38.5 Å². The number of hydrogen-bond acceptors (Lipinski definition) is 4. The van der Waals surface area contributed by atoms with E-state index in [1.54, 1.807) is 6.07 Å². The van der Waals surface area contributed by atoms with Crippen molar-refractivity contribution in [3.05, 3.63) is 24.0 Å². The Morgan fingerprint density at radius 2 is 2.25 bits per heavy atom. The number of aliphatic hydroxyl groups excluding tert-OH is 1. The van der Waals surface area contributed by atoms with E-state index in [1.165, 1.54) is 12.0 Å². The van der Waals surface area contributed by atoms with E-state index in [-0.39, 0.29) is 18.9 Å². The zero-order chi connectivity index (χ0) is 14.7. The van der Waals surface area contributed by atoms with Gasteiger partial charge in [0, 0.05) is 25.7 Å². The highest BCUT2D eigenvalue weighted by atomic mass is 16.5. The maximum atomic E-state index is 12.6. The number of likely N-dealkylation sites (tertiary alicyclic amines) is 1. The first kappa shape index (κ1) is 14.6. The number of carbonyl (C=O) groups excluding carboxylic acids is 2. The highest BCUT2D eigenvalue weighted by Gasteiger charge is 2.40. The average Bonchev–Trinajstić information content (AvgIpc) is 3.04. The molecule has 2 rings (SSSR count). The first-order valence-electron chi connectivity index (χ1n) is 6.80. The van der Waals surface area contributed by atoms with Crippen molar-refractivity contribution >= 4 is 11.9 Å². The van der Waals surface area contributed by atoms with Gasteiger partial charge in [0.05, 0.1) is 13.2 Å². The summed E-state index contributed by atoms with van der Waals surface area (Å²) in [5, 5.41) is 9.73. The fourth-order valence-electron chi connectivity index (χ4n) is 2.59. The van der Waals surface area contributed by atoms with Gasteiger partial charge in [-0.25, -0.2) is 4.79 Å². The van der Waals surface area contributed by atoms with Gasteiger partial charge in [-0.3, -0.25) is 4.79 Å². The van der Waals surface area contributed by atoms with Crippen LogP contribution in [0.15, 0.2) is 18.3 Å². The van der Waals surface area contributed by atoms with Crippen LogP contribution >= 0.6 is 0 Å². The molecule has 2 heterocycles. The van der Waals surface area contributed by atoms with Gasteiger partial charge in [-0.1, -0.05) is 6.92 Å². The van der Waals surface area contributed by atoms with Crippen LogP contribution in [0.2, 0.25) is 0 Å². The maximum Gasteiger partial charge on any atom is 0.328 e. The fourth-order valence-corrected chi connectivity index (χ4v) is 2.59. The molecule has 0 radical (unpaired) electrons. The van der Waals surface area contributed by atoms with Gasteiger partial charge in [-0.2, -0.15) is 0 Å². The average molecular weight is 280 g/mol. The maximum absolute atomic E-state index is 12.6. The van der Waals surface area contributed by atoms with Crippen LogP contribution in [-0.4, -0.2) is 52.3 Å². The third-order valence-electron chi connectivity index (χ3n) is 3.53. The Morgan fingerprint density at radius 1 is 1.50 bits per heavy atom. The molecule has 1 aliphatic heterocycles. The Hall–Kier alpha value is -1.82. The van der Waals surface area contributed by atoms with Gasteiger partial charge < -0.3 is 19.3 Å². The number of ether oxygens (including phenoxy) is 1. The number of β-amino-alcohol motifs (C(OH)–C–C–N with tert-alkyl or cyclic N) is 1. The number of rotatable bonds is 4. The van der Waals surface area contributed by atoms with Crippen LogP contribution < -0.4 is 0 Å². The minimum atomic E-state index is -0.701. The fraction of sp³-hybridized carbons (Fsp3) is 0.571. The van der Waals surface area contributed by atoms with E-state index in [9.17, 15) is 14.7 Å². The van der Waals surface area contributed by atoms with E-state index in [2.05, 4.69) is 0 Å². The van der Waals surface area contributed by atoms with Gasteiger partial charge in [-0.05, 0) is 18.6 Å². The second-order valence-corrected chi connectivity index (χ2v) is 4.97. The number of aromatic nitrogens is 1. The minimum absolute atomic E-state index is 0.163. The topological polar surface area (TPSA) is 71.8 Å². The lowest BCUT2D eigenvalue weighted by Gasteiger charge is -2.23. The summed E-state index contributed by atoms with van der Waals surface area (Å²) in [7, 11) is 1.29. The quantitative estimate of drug-likeness (QED) is 0.822. The number of aryl methyl sites for hydroxylation is 1. The molecule has 0 spiro atoms. The highest BCUT2D eigenvalue weighted by Crippen LogP contribution is 2.22. The highest BCUT2D eigenvalue weighted by molar-refractivity contribution is 5.96. The first-order chi connectivity index (χ1) is 9.58. The predicted molar refractivity (Wildman–Crippen MR) is 72.2 cm³/mol. The molecule has 2 atom stereocenters. The molecule has 0 saturated carbocycles. The molecule has 1 fully saturated rings. The monoisotopic (exact) mass is 280 g/mol. The molecule has 1 N–H and O–H groups in total. The van der Waals surface area contributed by atoms with Crippen LogP contribution in [0.3, 0.4) is 0 Å². The number of nitrogens with zero attached hydrogens (tertiary/aromatic N) is 2. The molecular weight excluding hydrogens is 260 g/mol. The molecule has 1 aliphatic rings. The molecule has 0 aliphatic carbocycles. The molecule has 6 nitrogen and oxygen atoms in total. The molecule has 1 amide bonds. The number of hydrogen-bond donors (Lipinski definition) is 1. The Bertz CT molecular complexity index is 497. The first-order valence-corrected chi connectivity index (χ1v) is 6.80. The van der Waals surface area contributed by atoms with Crippen LogP contribution in [-0.2, 0) is 16.1 Å². The number of aliphatic hydroxyl groups is 1. The molecule has 0 aromatic carbocycles. The lowest BCUT2D eigenvalue weighted by molar-refractivity contribution is -0.145. The molecule has 1 aromatic heterocycles. The van der Waals surface area contributed by atoms with Crippen LogP contribution in [0.25, 0.3) is 0 Å². The van der Waals surface area contributed by atoms with Gasteiger partial charge in [0.15, 0.2) is 0 Å². The zero-order valence-corrected chi connectivity index (χ0v) is 11.8. The van der Waals surface area contributed by atoms with Crippen molar-refractivity contribution in [1.82, 2.24) is 9.47 Å². The number of amides is 1. The molecule has 1 saturated heterocycles. The second-order valence-electron chi connectivity index (χ2n) is 4.97. The van der Waals surface area contributed by atoms with E-state index in [0.29, 0.717) is 5.69 Å². The summed E-state index contributed by atoms with van der Waals surface area (Å²) in [6.07, 6.45) is 2.30. The normalized spacial score (nSPS) is 22.1. The van der Waals surface area contributed by atoms with Gasteiger partial charge in [0.2, 0.25) is 0 Å². The number of carbonyl (C=O) groups is 2. The number of esters is 1. The SMILES string of the molecule is CCCn1cccc1C(=O)N1CC(O)CC1C(=O)OC. The minimum Gasteiger partial charge on any atom is -0.467 e. The lowest BCUT2D eigenvalue weighted by Crippen LogP contribution is -2.42. The van der Waals surface area contributed by atoms with E-state index >= 15 is 0 Å². The van der Waals surface area contributed by atoms with E-state index in [1.807, 2.05) is 23.8 Å². The summed E-state index contributed by atoms with van der Waals surface area (Å²) in [5.74, 6) is -0.723. The largest absolute Gasteiger partial charge is 0.467 e. The third-order valence-corrected chi connectivity index (χ3v) is 3.53. The predicted octanol–water partition coefficient (Wildman–Crippen LogP) is 0.646. The van der Waals surface area contributed by atoms with Gasteiger partial charge in [-0.15, -0.1) is 0 Å². The molecule has 0 bridgehead atoms. The van der Waals surface area contributed by atoms with Crippen molar-refractivity contribution < 1.29 is 19.4 Å². The van der Waals surface area contributed by atoms with Crippen molar-refractivity contribution in [3.8, 4) is 0 Å². The number of methoxy groups -OCH3 is 1. The summed E-state index contributed by atoms with van der Waals surface area (Å²) < 4.78 is 6.57. The van der Waals surface area contributed by atoms with Gasteiger partial charge in [0.25, 0.3) is 5.91 Å². The molecule has 110 valence electrons. The smallest absolute Gasteiger partial charge is 0.328 e. The Morgan fingerprint density at radius 3 is 2.90 bits per heavy atom. The van der Waals surface area contributed by atoms with Crippen molar-refractivity contribution in [2.24, 2.45) is 0 Å². The van der Waals surface area contributed by atoms with Crippen LogP contribution in [0, 0.1) is 0 Å². The summed E-state index contributed by atoms with van der Waals surface area (Å²) in [4.78, 5) is 25.7. The zero-order valence-electron chi connectivity index (χ0n) is 11.8. The van der Waals surface area contributed by atoms with Crippen molar-refractivity contribution in [3.63, 3.8) is 0 Å². The van der Waals surface area contributed by atoms with E-state index in [0.717, 1.165) is 13.0 Å². The third kappa shape index (κ3) is 2.70. The van der Waals surface area contributed by atoms with Gasteiger partial charge >= 0.3 is 5.97 Å². The lowest BCUT2D eigenvalue weighted by atomic mass is 10.2. The van der Waals surface area contributed by atoms with Gasteiger partial charge in [0.1, 0.15) is 11.7 Å². The standard InChI is InChI=1S/C14H20N2O4/c1-3-6-15-7-4-5-11(15)13(18)16-9-10(17)8-12(16)14(19)20-2/h4-5,7,10,12,17H,3,6,8-9H2,1-2H3. The molecular formula is C14H20N2O4. The molecule has 6 heteroatoms. The summed E-state index contributed by atoms with van der Waals surface area (Å²) >= 11 is 0. The molecule has 2 unspecified atom stereocenters. The summed E-state index contributed by atoms with van der Waals surface area (Å²) in [6, 6.07) is 2.84. The molecule has 1 aromatic rings. The van der Waals surface area contributed by atoms with E-state index in [4.69, 9.17) is 4.74 Å². The Balaban J connectivity index is 2.22.